The Kier molecular flexibility index (Phi) is 4.86. The van der Waals surface area contributed by atoms with Gasteiger partial charge in [-0.15, -0.1) is 0 Å². The maximum Gasteiger partial charge on any atom is 0.317 e. The van der Waals surface area contributed by atoms with E-state index in [4.69, 9.17) is 5.11 Å². The molecule has 0 aromatic carbocycles. The normalized spacial score (nSPS) is 28.6. The van der Waals surface area contributed by atoms with E-state index >= 15 is 0 Å². The summed E-state index contributed by atoms with van der Waals surface area (Å²) in [5.74, 6) is -1.43. The van der Waals surface area contributed by atoms with E-state index in [2.05, 4.69) is 17.1 Å². The van der Waals surface area contributed by atoms with E-state index in [1.54, 1.807) is 6.92 Å². The molecular weight excluding hydrogens is 258 g/mol. The number of hydrogen-bond donors (Lipinski definition) is 2. The smallest absolute Gasteiger partial charge is 0.317 e. The Bertz CT molecular complexity index is 375. The molecule has 2 heterocycles. The van der Waals surface area contributed by atoms with E-state index < -0.39 is 11.9 Å². The molecule has 2 amide bonds. The van der Waals surface area contributed by atoms with Gasteiger partial charge in [0.1, 0.15) is 0 Å². The predicted octanol–water partition coefficient (Wildman–Crippen LogP) is 0.975. The fraction of sp³-hybridized carbons (Fsp3) is 0.857. The largest absolute Gasteiger partial charge is 0.481 e. The molecule has 20 heavy (non-hydrogen) atoms. The Morgan fingerprint density at radius 3 is 2.80 bits per heavy atom. The highest BCUT2D eigenvalue weighted by Crippen LogP contribution is 2.23. The van der Waals surface area contributed by atoms with Gasteiger partial charge in [-0.2, -0.15) is 0 Å². The number of aliphatic carboxylic acids is 1. The van der Waals surface area contributed by atoms with Crippen LogP contribution in [0.1, 0.15) is 33.1 Å². The molecule has 0 radical (unpaired) electrons. The maximum atomic E-state index is 12.2. The molecule has 0 bridgehead atoms. The second-order valence-electron chi connectivity index (χ2n) is 6.07. The number of carboxylic acid groups (broad SMARTS) is 1. The molecule has 6 heteroatoms. The van der Waals surface area contributed by atoms with Crippen LogP contribution in [0.2, 0.25) is 0 Å². The van der Waals surface area contributed by atoms with Gasteiger partial charge >= 0.3 is 12.0 Å². The number of carbonyl (C=O) groups is 2. The topological polar surface area (TPSA) is 72.9 Å². The van der Waals surface area contributed by atoms with Gasteiger partial charge < -0.3 is 15.3 Å². The molecule has 2 N–H and O–H groups in total. The monoisotopic (exact) mass is 283 g/mol. The van der Waals surface area contributed by atoms with Gasteiger partial charge in [0, 0.05) is 31.7 Å². The number of urea groups is 1. The van der Waals surface area contributed by atoms with Gasteiger partial charge in [0.2, 0.25) is 0 Å². The van der Waals surface area contributed by atoms with Crippen molar-refractivity contribution in [3.05, 3.63) is 0 Å². The third-order valence-electron chi connectivity index (χ3n) is 4.43. The molecule has 0 aliphatic carbocycles. The first-order chi connectivity index (χ1) is 9.49. The van der Waals surface area contributed by atoms with Crippen molar-refractivity contribution in [1.29, 1.82) is 0 Å². The third kappa shape index (κ3) is 3.42. The van der Waals surface area contributed by atoms with E-state index in [-0.39, 0.29) is 18.6 Å². The molecule has 2 aliphatic heterocycles. The fourth-order valence-electron chi connectivity index (χ4n) is 3.06. The number of carbonyl (C=O) groups excluding carboxylic acids is 1. The minimum absolute atomic E-state index is 0.129. The number of rotatable bonds is 3. The van der Waals surface area contributed by atoms with Gasteiger partial charge in [0.05, 0.1) is 5.92 Å². The molecule has 2 aliphatic rings. The van der Waals surface area contributed by atoms with Crippen LogP contribution in [0.5, 0.6) is 0 Å². The molecule has 3 unspecified atom stereocenters. The van der Waals surface area contributed by atoms with Crippen molar-refractivity contribution >= 4 is 12.0 Å². The number of nitrogens with one attached hydrogen (secondary N) is 1. The Morgan fingerprint density at radius 2 is 2.10 bits per heavy atom. The molecule has 114 valence electrons. The van der Waals surface area contributed by atoms with Gasteiger partial charge in [-0.25, -0.2) is 4.79 Å². The number of piperidine rings is 1. The van der Waals surface area contributed by atoms with Crippen molar-refractivity contribution in [3.63, 3.8) is 0 Å². The number of amides is 2. The summed E-state index contributed by atoms with van der Waals surface area (Å²) < 4.78 is 0. The second-order valence-corrected chi connectivity index (χ2v) is 6.07. The summed E-state index contributed by atoms with van der Waals surface area (Å²) in [4.78, 5) is 27.3. The highest BCUT2D eigenvalue weighted by molar-refractivity contribution is 5.76. The lowest BCUT2D eigenvalue weighted by Gasteiger charge is -2.47. The number of fused-ring (bicyclic) bond motifs is 1. The zero-order valence-corrected chi connectivity index (χ0v) is 12.3. The number of nitrogens with zero attached hydrogens (tertiary/aromatic N) is 2. The standard InChI is InChI=1S/C14H25N3O3/c1-10(13(18)19)7-15-14(20)17-9-12-5-3-4-6-16(12)8-11(17)2/h10-12H,3-9H2,1-2H3,(H,15,20)(H,18,19). The Balaban J connectivity index is 1.87. The summed E-state index contributed by atoms with van der Waals surface area (Å²) in [6.45, 7) is 6.67. The van der Waals surface area contributed by atoms with Gasteiger partial charge in [0.25, 0.3) is 0 Å². The lowest BCUT2D eigenvalue weighted by molar-refractivity contribution is -0.140. The number of hydrogen-bond acceptors (Lipinski definition) is 3. The Labute approximate surface area is 120 Å². The predicted molar refractivity (Wildman–Crippen MR) is 75.6 cm³/mol. The molecule has 2 saturated heterocycles. The summed E-state index contributed by atoms with van der Waals surface area (Å²) in [5, 5.41) is 11.6. The van der Waals surface area contributed by atoms with Crippen LogP contribution in [0, 0.1) is 5.92 Å². The van der Waals surface area contributed by atoms with Gasteiger partial charge in [0.15, 0.2) is 0 Å². The van der Waals surface area contributed by atoms with Crippen LogP contribution in [0.15, 0.2) is 0 Å². The van der Waals surface area contributed by atoms with Crippen LogP contribution in [0.3, 0.4) is 0 Å². The van der Waals surface area contributed by atoms with Crippen LogP contribution in [-0.2, 0) is 4.79 Å². The van der Waals surface area contributed by atoms with Crippen molar-refractivity contribution in [2.24, 2.45) is 5.92 Å². The van der Waals surface area contributed by atoms with Crippen LogP contribution >= 0.6 is 0 Å². The second kappa shape index (κ2) is 6.43. The first-order valence-electron chi connectivity index (χ1n) is 7.50. The quantitative estimate of drug-likeness (QED) is 0.809. The lowest BCUT2D eigenvalue weighted by atomic mass is 9.97. The molecule has 6 nitrogen and oxygen atoms in total. The fourth-order valence-corrected chi connectivity index (χ4v) is 3.06. The number of piperazine rings is 1. The average molecular weight is 283 g/mol. The molecule has 2 rings (SSSR count). The maximum absolute atomic E-state index is 12.2. The van der Waals surface area contributed by atoms with Crippen molar-refractivity contribution in [1.82, 2.24) is 15.1 Å². The summed E-state index contributed by atoms with van der Waals surface area (Å²) in [7, 11) is 0. The van der Waals surface area contributed by atoms with Crippen LogP contribution in [-0.4, -0.2) is 65.2 Å². The molecule has 0 spiro atoms. The van der Waals surface area contributed by atoms with Crippen molar-refractivity contribution in [3.8, 4) is 0 Å². The van der Waals surface area contributed by atoms with E-state index in [1.165, 1.54) is 12.8 Å². The Hall–Kier alpha value is -1.30. The molecule has 2 fully saturated rings. The highest BCUT2D eigenvalue weighted by atomic mass is 16.4. The summed E-state index contributed by atoms with van der Waals surface area (Å²) >= 11 is 0. The van der Waals surface area contributed by atoms with E-state index in [9.17, 15) is 9.59 Å². The molecule has 0 aromatic heterocycles. The minimum Gasteiger partial charge on any atom is -0.481 e. The summed E-state index contributed by atoms with van der Waals surface area (Å²) in [5.41, 5.74) is 0. The molecular formula is C14H25N3O3. The summed E-state index contributed by atoms with van der Waals surface area (Å²) in [6.07, 6.45) is 3.65. The first kappa shape index (κ1) is 15.1. The van der Waals surface area contributed by atoms with Crippen molar-refractivity contribution in [2.75, 3.05) is 26.2 Å². The zero-order valence-electron chi connectivity index (χ0n) is 12.3. The van der Waals surface area contributed by atoms with Gasteiger partial charge in [-0.3, -0.25) is 9.69 Å². The van der Waals surface area contributed by atoms with E-state index in [0.717, 1.165) is 26.1 Å². The summed E-state index contributed by atoms with van der Waals surface area (Å²) in [6, 6.07) is 0.530. The van der Waals surface area contributed by atoms with Gasteiger partial charge in [-0.1, -0.05) is 13.3 Å². The lowest BCUT2D eigenvalue weighted by Crippen LogP contribution is -2.61. The highest BCUT2D eigenvalue weighted by Gasteiger charge is 2.35. The Morgan fingerprint density at radius 1 is 1.35 bits per heavy atom. The van der Waals surface area contributed by atoms with E-state index in [0.29, 0.717) is 6.04 Å². The van der Waals surface area contributed by atoms with Crippen molar-refractivity contribution in [2.45, 2.75) is 45.2 Å². The molecule has 3 atom stereocenters. The minimum atomic E-state index is -0.879. The number of carboxylic acids is 1. The molecule has 0 saturated carbocycles. The van der Waals surface area contributed by atoms with Crippen LogP contribution in [0.4, 0.5) is 4.79 Å². The van der Waals surface area contributed by atoms with Crippen molar-refractivity contribution < 1.29 is 14.7 Å². The van der Waals surface area contributed by atoms with Crippen LogP contribution in [0.25, 0.3) is 0 Å². The average Bonchev–Trinajstić information content (AvgIpc) is 2.43. The first-order valence-corrected chi connectivity index (χ1v) is 7.50. The zero-order chi connectivity index (χ0) is 14.7. The van der Waals surface area contributed by atoms with E-state index in [1.807, 2.05) is 4.90 Å². The molecule has 0 aromatic rings. The SMILES string of the molecule is CC(CNC(=O)N1CC2CCCCN2CC1C)C(=O)O. The third-order valence-corrected chi connectivity index (χ3v) is 4.43. The van der Waals surface area contributed by atoms with Gasteiger partial charge in [-0.05, 0) is 26.3 Å². The van der Waals surface area contributed by atoms with Crippen LogP contribution < -0.4 is 5.32 Å².